The molecule has 158 valence electrons. The molecule has 0 amide bonds. The summed E-state index contributed by atoms with van der Waals surface area (Å²) in [5.41, 5.74) is 0.569. The second-order valence-corrected chi connectivity index (χ2v) is 8.56. The molecule has 0 aliphatic heterocycles. The van der Waals surface area contributed by atoms with Crippen molar-refractivity contribution in [1.82, 2.24) is 0 Å². The monoisotopic (exact) mass is 518 g/mol. The normalized spacial score (nSPS) is 9.61. The molecule has 0 saturated heterocycles. The van der Waals surface area contributed by atoms with E-state index in [2.05, 4.69) is 95.6 Å². The van der Waals surface area contributed by atoms with Gasteiger partial charge in [-0.1, -0.05) is 121 Å². The Hall–Kier alpha value is -2.53. The average molecular weight is 519 g/mol. The summed E-state index contributed by atoms with van der Waals surface area (Å²) in [6, 6.07) is 41.0. The molecule has 0 saturated carbocycles. The molecule has 4 aromatic rings. The van der Waals surface area contributed by atoms with E-state index >= 15 is 0 Å². The van der Waals surface area contributed by atoms with Crippen molar-refractivity contribution in [1.29, 1.82) is 0 Å². The quantitative estimate of drug-likeness (QED) is 0.243. The fourth-order valence-corrected chi connectivity index (χ4v) is 5.23. The number of rotatable bonds is 6. The minimum absolute atomic E-state index is 0. The Balaban J connectivity index is 0.000000245. The first-order valence-corrected chi connectivity index (χ1v) is 10.9. The molecular weight excluding hydrogens is 496 g/mol. The second-order valence-electron chi connectivity index (χ2n) is 6.34. The predicted octanol–water partition coefficient (Wildman–Crippen LogP) is 2.99. The number of hydrogen-bond donors (Lipinski definition) is 1. The van der Waals surface area contributed by atoms with Crippen LogP contribution in [0.25, 0.3) is 0 Å². The maximum Gasteiger partial charge on any atom is 0.561 e. The minimum atomic E-state index is -1.14. The summed E-state index contributed by atoms with van der Waals surface area (Å²) >= 11 is 0. The Morgan fingerprint density at radius 1 is 0.613 bits per heavy atom. The van der Waals surface area contributed by atoms with Crippen LogP contribution in [0.5, 0.6) is 0 Å². The summed E-state index contributed by atoms with van der Waals surface area (Å²) < 4.78 is 4.30. The topological polar surface area (TPSA) is 46.5 Å². The van der Waals surface area contributed by atoms with E-state index in [0.717, 1.165) is 0 Å². The molecule has 0 aromatic heterocycles. The van der Waals surface area contributed by atoms with Gasteiger partial charge in [-0.15, -0.1) is 0 Å². The van der Waals surface area contributed by atoms with Crippen LogP contribution in [0, 0.1) is 0 Å². The molecule has 0 heterocycles. The van der Waals surface area contributed by atoms with Gasteiger partial charge in [-0.25, -0.2) is 0 Å². The molecule has 6 heteroatoms. The van der Waals surface area contributed by atoms with Gasteiger partial charge in [-0.3, -0.25) is 4.79 Å². The molecule has 0 atom stereocenters. The largest absolute Gasteiger partial charge is 0.561 e. The van der Waals surface area contributed by atoms with Gasteiger partial charge in [0.05, 0.1) is 0 Å². The fraction of sp³-hybridized carbons (Fsp3) is 0. The molecule has 4 aromatic carbocycles. The van der Waals surface area contributed by atoms with Gasteiger partial charge in [-0.05, 0) is 29.3 Å². The third kappa shape index (κ3) is 7.58. The number of carbonyl (C=O) groups is 1. The number of carbonyl (C=O) groups excluding carboxylic acids is 1. The molecule has 1 N–H and O–H groups in total. The summed E-state index contributed by atoms with van der Waals surface area (Å²) in [4.78, 5) is 9.81. The van der Waals surface area contributed by atoms with Gasteiger partial charge in [0, 0.05) is 20.4 Å². The first-order chi connectivity index (χ1) is 14.8. The number of benzene rings is 4. The Morgan fingerprint density at radius 3 is 1.26 bits per heavy atom. The van der Waals surface area contributed by atoms with Crippen molar-refractivity contribution in [2.24, 2.45) is 0 Å². The zero-order chi connectivity index (χ0) is 21.0. The smallest absolute Gasteiger partial charge is 0.508 e. The molecule has 0 radical (unpaired) electrons. The van der Waals surface area contributed by atoms with Crippen LogP contribution < -0.4 is 21.4 Å². The van der Waals surface area contributed by atoms with Gasteiger partial charge in [0.25, 0.3) is 6.47 Å². The van der Waals surface area contributed by atoms with E-state index < -0.39 is 15.0 Å². The molecule has 0 unspecified atom stereocenters. The van der Waals surface area contributed by atoms with Gasteiger partial charge in [0.1, 0.15) is 0 Å². The van der Waals surface area contributed by atoms with Crippen LogP contribution in [0.15, 0.2) is 121 Å². The maximum absolute atomic E-state index is 9.81. The zero-order valence-electron chi connectivity index (χ0n) is 16.7. The Labute approximate surface area is 198 Å². The zero-order valence-corrected chi connectivity index (χ0v) is 19.2. The third-order valence-electron chi connectivity index (χ3n) is 4.31. The first kappa shape index (κ1) is 24.7. The standard InChI is InChI=1S/C18H15P.C7H7BO3.Pd/c1-4-10-16(11-5-1)19(17-12-6-2-7-13-17)18-14-8-3-9-15-18;9-6-11-8(10)7-4-2-1-3-5-7;/h1-15H;1-6,10H;. The minimum Gasteiger partial charge on any atom is -0.508 e. The molecule has 0 aliphatic carbocycles. The van der Waals surface area contributed by atoms with E-state index in [1.807, 2.05) is 6.07 Å². The van der Waals surface area contributed by atoms with E-state index in [4.69, 9.17) is 5.02 Å². The van der Waals surface area contributed by atoms with Gasteiger partial charge in [0.2, 0.25) is 0 Å². The van der Waals surface area contributed by atoms with Crippen molar-refractivity contribution in [3.8, 4) is 0 Å². The van der Waals surface area contributed by atoms with Gasteiger partial charge < -0.3 is 9.68 Å². The summed E-state index contributed by atoms with van der Waals surface area (Å²) in [7, 11) is -1.59. The molecule has 4 rings (SSSR count). The summed E-state index contributed by atoms with van der Waals surface area (Å²) in [5, 5.41) is 13.3. The van der Waals surface area contributed by atoms with E-state index in [-0.39, 0.29) is 26.9 Å². The summed E-state index contributed by atoms with van der Waals surface area (Å²) in [6.45, 7) is 0.220. The first-order valence-electron chi connectivity index (χ1n) is 9.57. The van der Waals surface area contributed by atoms with Gasteiger partial charge in [-0.2, -0.15) is 0 Å². The number of hydrogen-bond acceptors (Lipinski definition) is 3. The van der Waals surface area contributed by atoms with Gasteiger partial charge in [0.15, 0.2) is 0 Å². The van der Waals surface area contributed by atoms with E-state index in [9.17, 15) is 4.79 Å². The molecule has 0 fully saturated rings. The van der Waals surface area contributed by atoms with Crippen LogP contribution in [0.4, 0.5) is 0 Å². The van der Waals surface area contributed by atoms with E-state index in [1.165, 1.54) is 15.9 Å². The van der Waals surface area contributed by atoms with Crippen LogP contribution in [0.3, 0.4) is 0 Å². The van der Waals surface area contributed by atoms with Gasteiger partial charge >= 0.3 is 7.12 Å². The van der Waals surface area contributed by atoms with Crippen molar-refractivity contribution in [3.63, 3.8) is 0 Å². The molecular formula is C25H22BO3PPd. The third-order valence-corrected chi connectivity index (χ3v) is 6.76. The fourth-order valence-electron chi connectivity index (χ4n) is 2.93. The van der Waals surface area contributed by atoms with Crippen molar-refractivity contribution < 1.29 is 34.9 Å². The van der Waals surface area contributed by atoms with E-state index in [1.54, 1.807) is 24.3 Å². The Kier molecular flexibility index (Phi) is 10.9. The second kappa shape index (κ2) is 13.7. The average Bonchev–Trinajstić information content (AvgIpc) is 2.83. The summed E-state index contributed by atoms with van der Waals surface area (Å²) in [6.07, 6.45) is 0. The maximum atomic E-state index is 9.81. The van der Waals surface area contributed by atoms with Crippen molar-refractivity contribution in [2.75, 3.05) is 0 Å². The molecule has 0 spiro atoms. The molecule has 31 heavy (non-hydrogen) atoms. The van der Waals surface area contributed by atoms with Crippen molar-refractivity contribution in [3.05, 3.63) is 121 Å². The predicted molar refractivity (Wildman–Crippen MR) is 126 cm³/mol. The summed E-state index contributed by atoms with van der Waals surface area (Å²) in [5.74, 6) is 0. The van der Waals surface area contributed by atoms with Crippen LogP contribution in [0.2, 0.25) is 0 Å². The van der Waals surface area contributed by atoms with Crippen molar-refractivity contribution in [2.45, 2.75) is 0 Å². The Morgan fingerprint density at radius 2 is 0.935 bits per heavy atom. The molecule has 0 aliphatic rings. The van der Waals surface area contributed by atoms with Crippen LogP contribution >= 0.6 is 7.92 Å². The SMILES string of the molecule is O=COB(O)c1ccccc1.[Pd].c1ccc(P(c2ccccc2)c2ccccc2)cc1. The molecule has 3 nitrogen and oxygen atoms in total. The molecule has 0 bridgehead atoms. The van der Waals surface area contributed by atoms with Crippen molar-refractivity contribution >= 4 is 42.9 Å². The Bertz CT molecular complexity index is 912. The van der Waals surface area contributed by atoms with E-state index in [0.29, 0.717) is 5.46 Å². The van der Waals surface area contributed by atoms with Crippen LogP contribution in [-0.4, -0.2) is 18.6 Å². The van der Waals surface area contributed by atoms with Crippen LogP contribution in [-0.2, 0) is 29.9 Å². The van der Waals surface area contributed by atoms with Crippen LogP contribution in [0.1, 0.15) is 0 Å².